The lowest BCUT2D eigenvalue weighted by molar-refractivity contribution is 0.250. The van der Waals surface area contributed by atoms with Gasteiger partial charge in [0.15, 0.2) is 0 Å². The molecule has 1 aromatic rings. The maximum Gasteiger partial charge on any atom is 0.0626 e. The average molecular weight is 244 g/mol. The minimum Gasteiger partial charge on any atom is -0.394 e. The molecular formula is C10H14BrNO. The Morgan fingerprint density at radius 3 is 2.77 bits per heavy atom. The van der Waals surface area contributed by atoms with Crippen LogP contribution in [0.3, 0.4) is 0 Å². The number of likely N-dealkylation sites (N-methyl/N-ethyl adjacent to an activating group) is 1. The SMILES string of the molecule is CN[C@H](CO)c1cccc(C)c1Br. The molecule has 0 aliphatic carbocycles. The van der Waals surface area contributed by atoms with Gasteiger partial charge in [0.1, 0.15) is 0 Å². The highest BCUT2D eigenvalue weighted by Gasteiger charge is 2.11. The van der Waals surface area contributed by atoms with Crippen LogP contribution in [0.15, 0.2) is 22.7 Å². The molecule has 3 heteroatoms. The summed E-state index contributed by atoms with van der Waals surface area (Å²) in [6.45, 7) is 2.15. The Hall–Kier alpha value is -0.380. The molecule has 1 rings (SSSR count). The van der Waals surface area contributed by atoms with Crippen molar-refractivity contribution in [3.8, 4) is 0 Å². The lowest BCUT2D eigenvalue weighted by atomic mass is 10.1. The Morgan fingerprint density at radius 2 is 2.23 bits per heavy atom. The number of aryl methyl sites for hydroxylation is 1. The van der Waals surface area contributed by atoms with E-state index in [4.69, 9.17) is 5.11 Å². The zero-order valence-electron chi connectivity index (χ0n) is 7.84. The summed E-state index contributed by atoms with van der Waals surface area (Å²) in [6.07, 6.45) is 0. The summed E-state index contributed by atoms with van der Waals surface area (Å²) in [5.74, 6) is 0. The number of halogens is 1. The fourth-order valence-corrected chi connectivity index (χ4v) is 1.83. The molecule has 2 N–H and O–H groups in total. The molecule has 0 radical (unpaired) electrons. The van der Waals surface area contributed by atoms with Crippen molar-refractivity contribution in [1.29, 1.82) is 0 Å². The van der Waals surface area contributed by atoms with E-state index in [9.17, 15) is 0 Å². The standard InChI is InChI=1S/C10H14BrNO/c1-7-4-3-5-8(10(7)11)9(6-13)12-2/h3-5,9,12-13H,6H2,1-2H3/t9-/m1/s1. The molecule has 0 fully saturated rings. The van der Waals surface area contributed by atoms with Gasteiger partial charge < -0.3 is 10.4 Å². The minimum atomic E-state index is 0.00859. The van der Waals surface area contributed by atoms with Crippen LogP contribution in [0, 0.1) is 6.92 Å². The molecule has 0 aliphatic rings. The van der Waals surface area contributed by atoms with E-state index in [1.165, 1.54) is 5.56 Å². The van der Waals surface area contributed by atoms with Crippen molar-refractivity contribution in [2.45, 2.75) is 13.0 Å². The predicted octanol–water partition coefficient (Wildman–Crippen LogP) is 2.01. The van der Waals surface area contributed by atoms with Gasteiger partial charge in [-0.15, -0.1) is 0 Å². The molecule has 0 bridgehead atoms. The third-order valence-electron chi connectivity index (χ3n) is 2.13. The van der Waals surface area contributed by atoms with Crippen LogP contribution in [-0.4, -0.2) is 18.8 Å². The number of hydrogen-bond donors (Lipinski definition) is 2. The molecule has 13 heavy (non-hydrogen) atoms. The van der Waals surface area contributed by atoms with Crippen molar-refractivity contribution < 1.29 is 5.11 Å². The number of aliphatic hydroxyl groups excluding tert-OH is 1. The van der Waals surface area contributed by atoms with Gasteiger partial charge in [-0.1, -0.05) is 34.1 Å². The van der Waals surface area contributed by atoms with Crippen LogP contribution in [0.4, 0.5) is 0 Å². The Bertz CT molecular complexity index is 284. The van der Waals surface area contributed by atoms with Crippen LogP contribution in [-0.2, 0) is 0 Å². The molecule has 1 aromatic carbocycles. The van der Waals surface area contributed by atoms with Crippen LogP contribution >= 0.6 is 15.9 Å². The molecular weight excluding hydrogens is 230 g/mol. The van der Waals surface area contributed by atoms with E-state index >= 15 is 0 Å². The highest BCUT2D eigenvalue weighted by atomic mass is 79.9. The van der Waals surface area contributed by atoms with Gasteiger partial charge >= 0.3 is 0 Å². The molecule has 0 saturated carbocycles. The molecule has 0 aromatic heterocycles. The minimum absolute atomic E-state index is 0.00859. The Morgan fingerprint density at radius 1 is 1.54 bits per heavy atom. The predicted molar refractivity (Wildman–Crippen MR) is 57.8 cm³/mol. The zero-order chi connectivity index (χ0) is 9.84. The van der Waals surface area contributed by atoms with Crippen LogP contribution < -0.4 is 5.32 Å². The number of rotatable bonds is 3. The molecule has 72 valence electrons. The van der Waals surface area contributed by atoms with Crippen LogP contribution in [0.25, 0.3) is 0 Å². The van der Waals surface area contributed by atoms with Crippen molar-refractivity contribution in [2.75, 3.05) is 13.7 Å². The lowest BCUT2D eigenvalue weighted by Crippen LogP contribution is -2.20. The highest BCUT2D eigenvalue weighted by molar-refractivity contribution is 9.10. The second kappa shape index (κ2) is 4.74. The monoisotopic (exact) mass is 243 g/mol. The van der Waals surface area contributed by atoms with E-state index in [1.54, 1.807) is 0 Å². The summed E-state index contributed by atoms with van der Waals surface area (Å²) >= 11 is 3.51. The first-order valence-electron chi connectivity index (χ1n) is 4.23. The first-order chi connectivity index (χ1) is 6.20. The highest BCUT2D eigenvalue weighted by Crippen LogP contribution is 2.25. The summed E-state index contributed by atoms with van der Waals surface area (Å²) in [7, 11) is 1.84. The summed E-state index contributed by atoms with van der Waals surface area (Å²) in [6, 6.07) is 6.05. The maximum atomic E-state index is 9.11. The zero-order valence-corrected chi connectivity index (χ0v) is 9.43. The van der Waals surface area contributed by atoms with Crippen molar-refractivity contribution in [3.05, 3.63) is 33.8 Å². The van der Waals surface area contributed by atoms with Gasteiger partial charge in [-0.2, -0.15) is 0 Å². The van der Waals surface area contributed by atoms with Crippen LogP contribution in [0.1, 0.15) is 17.2 Å². The number of benzene rings is 1. The second-order valence-electron chi connectivity index (χ2n) is 3.00. The maximum absolute atomic E-state index is 9.11. The van der Waals surface area contributed by atoms with Gasteiger partial charge in [-0.3, -0.25) is 0 Å². The lowest BCUT2D eigenvalue weighted by Gasteiger charge is -2.16. The Balaban J connectivity index is 3.05. The van der Waals surface area contributed by atoms with Crippen molar-refractivity contribution in [2.24, 2.45) is 0 Å². The van der Waals surface area contributed by atoms with Crippen LogP contribution in [0.5, 0.6) is 0 Å². The fraction of sp³-hybridized carbons (Fsp3) is 0.400. The van der Waals surface area contributed by atoms with Gasteiger partial charge in [0, 0.05) is 4.47 Å². The third kappa shape index (κ3) is 2.30. The van der Waals surface area contributed by atoms with Crippen molar-refractivity contribution in [3.63, 3.8) is 0 Å². The van der Waals surface area contributed by atoms with E-state index in [2.05, 4.69) is 21.2 Å². The van der Waals surface area contributed by atoms with E-state index in [1.807, 2.05) is 32.2 Å². The van der Waals surface area contributed by atoms with Crippen molar-refractivity contribution in [1.82, 2.24) is 5.32 Å². The smallest absolute Gasteiger partial charge is 0.0626 e. The molecule has 2 nitrogen and oxygen atoms in total. The summed E-state index contributed by atoms with van der Waals surface area (Å²) < 4.78 is 1.07. The average Bonchev–Trinajstić information content (AvgIpc) is 2.14. The molecule has 0 saturated heterocycles. The number of nitrogens with one attached hydrogen (secondary N) is 1. The normalized spacial score (nSPS) is 12.9. The van der Waals surface area contributed by atoms with Crippen molar-refractivity contribution >= 4 is 15.9 Å². The Kier molecular flexibility index (Phi) is 3.90. The van der Waals surface area contributed by atoms with E-state index < -0.39 is 0 Å². The summed E-state index contributed by atoms with van der Waals surface area (Å²) in [4.78, 5) is 0. The largest absolute Gasteiger partial charge is 0.394 e. The Labute approximate surface area is 87.1 Å². The van der Waals surface area contributed by atoms with E-state index in [-0.39, 0.29) is 12.6 Å². The fourth-order valence-electron chi connectivity index (χ4n) is 1.28. The first-order valence-corrected chi connectivity index (χ1v) is 5.03. The molecule has 0 aliphatic heterocycles. The topological polar surface area (TPSA) is 32.3 Å². The second-order valence-corrected chi connectivity index (χ2v) is 3.79. The van der Waals surface area contributed by atoms with Gasteiger partial charge in [0.05, 0.1) is 12.6 Å². The first kappa shape index (κ1) is 10.7. The van der Waals surface area contributed by atoms with E-state index in [0.29, 0.717) is 0 Å². The van der Waals surface area contributed by atoms with Crippen LogP contribution in [0.2, 0.25) is 0 Å². The molecule has 0 amide bonds. The molecule has 0 heterocycles. The number of hydrogen-bond acceptors (Lipinski definition) is 2. The van der Waals surface area contributed by atoms with E-state index in [0.717, 1.165) is 10.0 Å². The molecule has 0 unspecified atom stereocenters. The number of aliphatic hydroxyl groups is 1. The van der Waals surface area contributed by atoms with Gasteiger partial charge in [-0.05, 0) is 25.1 Å². The molecule has 1 atom stereocenters. The van der Waals surface area contributed by atoms with Gasteiger partial charge in [0.2, 0.25) is 0 Å². The summed E-state index contributed by atoms with van der Waals surface area (Å²) in [5.41, 5.74) is 2.29. The van der Waals surface area contributed by atoms with Gasteiger partial charge in [0.25, 0.3) is 0 Å². The van der Waals surface area contributed by atoms with Gasteiger partial charge in [-0.25, -0.2) is 0 Å². The molecule has 0 spiro atoms. The third-order valence-corrected chi connectivity index (χ3v) is 3.21. The summed E-state index contributed by atoms with van der Waals surface area (Å²) in [5, 5.41) is 12.2. The quantitative estimate of drug-likeness (QED) is 0.852.